The van der Waals surface area contributed by atoms with Crippen LogP contribution in [-0.2, 0) is 4.74 Å². The van der Waals surface area contributed by atoms with E-state index in [4.69, 9.17) is 4.74 Å². The second-order valence-electron chi connectivity index (χ2n) is 6.03. The first-order chi connectivity index (χ1) is 8.47. The number of rotatable bonds is 0. The Balaban J connectivity index is 1.58. The van der Waals surface area contributed by atoms with Crippen molar-refractivity contribution >= 4 is 0 Å². The summed E-state index contributed by atoms with van der Waals surface area (Å²) < 4.78 is 5.74. The Morgan fingerprint density at radius 2 is 0.706 bits per heavy atom. The normalized spacial score (nSPS) is 33.9. The van der Waals surface area contributed by atoms with Crippen molar-refractivity contribution in [2.45, 2.75) is 102 Å². The van der Waals surface area contributed by atoms with Gasteiger partial charge in [-0.25, -0.2) is 0 Å². The van der Waals surface area contributed by atoms with Crippen LogP contribution in [-0.4, -0.2) is 12.2 Å². The second-order valence-corrected chi connectivity index (χ2v) is 6.03. The molecule has 2 aliphatic rings. The molecule has 2 atom stereocenters. The molecule has 1 heterocycles. The van der Waals surface area contributed by atoms with Crippen molar-refractivity contribution in [1.82, 2.24) is 0 Å². The molecule has 0 aromatic rings. The number of ether oxygens (including phenoxy) is 1. The van der Waals surface area contributed by atoms with Gasteiger partial charge in [-0.15, -0.1) is 0 Å². The summed E-state index contributed by atoms with van der Waals surface area (Å²) in [4.78, 5) is 0. The van der Waals surface area contributed by atoms with E-state index < -0.39 is 0 Å². The molecule has 1 aliphatic carbocycles. The minimum absolute atomic E-state index is 0.655. The highest BCUT2D eigenvalue weighted by Gasteiger charge is 2.36. The number of fused-ring (bicyclic) bond motifs is 1. The molecule has 2 unspecified atom stereocenters. The van der Waals surface area contributed by atoms with Crippen molar-refractivity contribution in [2.75, 3.05) is 0 Å². The molecule has 100 valence electrons. The maximum absolute atomic E-state index is 5.74. The van der Waals surface area contributed by atoms with Gasteiger partial charge in [0, 0.05) is 0 Å². The molecule has 2 fully saturated rings. The maximum atomic E-state index is 5.74. The first-order valence-corrected chi connectivity index (χ1v) is 8.12. The first kappa shape index (κ1) is 13.4. The second kappa shape index (κ2) is 8.13. The van der Waals surface area contributed by atoms with Crippen LogP contribution in [0.3, 0.4) is 0 Å². The summed E-state index contributed by atoms with van der Waals surface area (Å²) in [6.45, 7) is 0. The van der Waals surface area contributed by atoms with Crippen LogP contribution in [0.25, 0.3) is 0 Å². The lowest BCUT2D eigenvalue weighted by Crippen LogP contribution is -1.95. The Morgan fingerprint density at radius 3 is 1.06 bits per heavy atom. The molecule has 1 saturated heterocycles. The molecule has 2 rings (SSSR count). The summed E-state index contributed by atoms with van der Waals surface area (Å²) >= 11 is 0. The van der Waals surface area contributed by atoms with Crippen LogP contribution >= 0.6 is 0 Å². The standard InChI is InChI=1S/C16H30O/c1-2-4-6-8-10-12-14-16-15(17-16)13-11-9-7-5-3-1/h15-16H,1-14H2. The Kier molecular flexibility index (Phi) is 6.41. The maximum Gasteiger partial charge on any atom is 0.0841 e. The summed E-state index contributed by atoms with van der Waals surface area (Å²) in [6.07, 6.45) is 21.4. The van der Waals surface area contributed by atoms with E-state index in [0.717, 1.165) is 0 Å². The van der Waals surface area contributed by atoms with Gasteiger partial charge in [0.05, 0.1) is 12.2 Å². The van der Waals surface area contributed by atoms with Crippen molar-refractivity contribution in [3.8, 4) is 0 Å². The van der Waals surface area contributed by atoms with Crippen LogP contribution in [0.1, 0.15) is 89.9 Å². The van der Waals surface area contributed by atoms with Gasteiger partial charge in [0.2, 0.25) is 0 Å². The molecular weight excluding hydrogens is 208 g/mol. The van der Waals surface area contributed by atoms with Crippen LogP contribution in [0.4, 0.5) is 0 Å². The highest BCUT2D eigenvalue weighted by atomic mass is 16.6. The molecule has 1 heteroatoms. The van der Waals surface area contributed by atoms with Crippen LogP contribution in [0.2, 0.25) is 0 Å². The topological polar surface area (TPSA) is 12.5 Å². The minimum atomic E-state index is 0.655. The highest BCUT2D eigenvalue weighted by molar-refractivity contribution is 4.84. The Hall–Kier alpha value is -0.0400. The molecule has 1 nitrogen and oxygen atoms in total. The van der Waals surface area contributed by atoms with Crippen LogP contribution < -0.4 is 0 Å². The molecule has 1 saturated carbocycles. The van der Waals surface area contributed by atoms with E-state index in [9.17, 15) is 0 Å². The molecule has 0 aromatic heterocycles. The quantitative estimate of drug-likeness (QED) is 0.526. The van der Waals surface area contributed by atoms with E-state index in [0.29, 0.717) is 12.2 Å². The van der Waals surface area contributed by atoms with Crippen molar-refractivity contribution in [3.63, 3.8) is 0 Å². The van der Waals surface area contributed by atoms with E-state index >= 15 is 0 Å². The summed E-state index contributed by atoms with van der Waals surface area (Å²) in [5.41, 5.74) is 0. The molecule has 0 spiro atoms. The zero-order chi connectivity index (χ0) is 11.8. The molecule has 1 aliphatic heterocycles. The third-order valence-corrected chi connectivity index (χ3v) is 4.41. The van der Waals surface area contributed by atoms with Crippen molar-refractivity contribution in [3.05, 3.63) is 0 Å². The van der Waals surface area contributed by atoms with E-state index in [-0.39, 0.29) is 0 Å². The van der Waals surface area contributed by atoms with Crippen LogP contribution in [0, 0.1) is 0 Å². The summed E-state index contributed by atoms with van der Waals surface area (Å²) in [6, 6.07) is 0. The van der Waals surface area contributed by atoms with Crippen molar-refractivity contribution in [1.29, 1.82) is 0 Å². The average molecular weight is 238 g/mol. The Bertz CT molecular complexity index is 170. The molecule has 17 heavy (non-hydrogen) atoms. The number of hydrogen-bond donors (Lipinski definition) is 0. The van der Waals surface area contributed by atoms with Gasteiger partial charge < -0.3 is 4.74 Å². The lowest BCUT2D eigenvalue weighted by molar-refractivity contribution is 0.348. The van der Waals surface area contributed by atoms with Gasteiger partial charge in [0.15, 0.2) is 0 Å². The van der Waals surface area contributed by atoms with Gasteiger partial charge in [-0.05, 0) is 12.8 Å². The predicted molar refractivity (Wildman–Crippen MR) is 73.3 cm³/mol. The number of hydrogen-bond acceptors (Lipinski definition) is 1. The zero-order valence-electron chi connectivity index (χ0n) is 11.5. The van der Waals surface area contributed by atoms with Gasteiger partial charge in [-0.1, -0.05) is 77.0 Å². The van der Waals surface area contributed by atoms with Gasteiger partial charge in [0.25, 0.3) is 0 Å². The summed E-state index contributed by atoms with van der Waals surface area (Å²) in [5.74, 6) is 0. The molecule has 0 amide bonds. The largest absolute Gasteiger partial charge is 0.370 e. The van der Waals surface area contributed by atoms with Gasteiger partial charge in [0.1, 0.15) is 0 Å². The van der Waals surface area contributed by atoms with Crippen molar-refractivity contribution < 1.29 is 4.74 Å². The Labute approximate surface area is 107 Å². The van der Waals surface area contributed by atoms with Gasteiger partial charge in [-0.2, -0.15) is 0 Å². The predicted octanol–water partition coefficient (Wildman–Crippen LogP) is 5.23. The van der Waals surface area contributed by atoms with Crippen molar-refractivity contribution in [2.24, 2.45) is 0 Å². The third-order valence-electron chi connectivity index (χ3n) is 4.41. The van der Waals surface area contributed by atoms with Crippen LogP contribution in [0.5, 0.6) is 0 Å². The average Bonchev–Trinajstić information content (AvgIpc) is 3.07. The fourth-order valence-corrected chi connectivity index (χ4v) is 3.15. The van der Waals surface area contributed by atoms with E-state index in [1.165, 1.54) is 89.9 Å². The molecule has 0 radical (unpaired) electrons. The lowest BCUT2D eigenvalue weighted by atomic mass is 10.0. The molecule has 0 aromatic carbocycles. The van der Waals surface area contributed by atoms with Gasteiger partial charge in [-0.3, -0.25) is 0 Å². The number of epoxide rings is 1. The SMILES string of the molecule is C1CCCCCCCC2OC2CCCCCC1. The zero-order valence-corrected chi connectivity index (χ0v) is 11.5. The first-order valence-electron chi connectivity index (χ1n) is 8.12. The fraction of sp³-hybridized carbons (Fsp3) is 1.00. The summed E-state index contributed by atoms with van der Waals surface area (Å²) in [5, 5.41) is 0. The summed E-state index contributed by atoms with van der Waals surface area (Å²) in [7, 11) is 0. The van der Waals surface area contributed by atoms with E-state index in [2.05, 4.69) is 0 Å². The fourth-order valence-electron chi connectivity index (χ4n) is 3.15. The molecular formula is C16H30O. The smallest absolute Gasteiger partial charge is 0.0841 e. The molecule has 0 N–H and O–H groups in total. The highest BCUT2D eigenvalue weighted by Crippen LogP contribution is 2.32. The minimum Gasteiger partial charge on any atom is -0.370 e. The van der Waals surface area contributed by atoms with Crippen LogP contribution in [0.15, 0.2) is 0 Å². The Morgan fingerprint density at radius 1 is 0.412 bits per heavy atom. The van der Waals surface area contributed by atoms with Gasteiger partial charge >= 0.3 is 0 Å². The lowest BCUT2D eigenvalue weighted by Gasteiger charge is -2.04. The third kappa shape index (κ3) is 5.90. The monoisotopic (exact) mass is 238 g/mol. The van der Waals surface area contributed by atoms with E-state index in [1.54, 1.807) is 0 Å². The molecule has 0 bridgehead atoms. The van der Waals surface area contributed by atoms with E-state index in [1.807, 2.05) is 0 Å².